The van der Waals surface area contributed by atoms with Crippen LogP contribution in [0.2, 0.25) is 5.02 Å². The fraction of sp³-hybridized carbons (Fsp3) is 0.346. The first-order valence-corrected chi connectivity index (χ1v) is 11.8. The van der Waals surface area contributed by atoms with E-state index in [2.05, 4.69) is 11.9 Å². The predicted octanol–water partition coefficient (Wildman–Crippen LogP) is 4.62. The summed E-state index contributed by atoms with van der Waals surface area (Å²) in [6.07, 6.45) is 3.74. The van der Waals surface area contributed by atoms with Crippen LogP contribution < -0.4 is 5.56 Å². The smallest absolute Gasteiger partial charge is 0.278 e. The zero-order valence-corrected chi connectivity index (χ0v) is 19.7. The van der Waals surface area contributed by atoms with Gasteiger partial charge in [0, 0.05) is 23.5 Å². The molecular weight excluding hydrogens is 436 g/mol. The molecule has 0 spiro atoms. The summed E-state index contributed by atoms with van der Waals surface area (Å²) in [4.78, 5) is 33.5. The number of halogens is 1. The molecule has 0 saturated carbocycles. The average Bonchev–Trinajstić information content (AvgIpc) is 3.10. The van der Waals surface area contributed by atoms with Crippen molar-refractivity contribution in [3.8, 4) is 0 Å². The van der Waals surface area contributed by atoms with Gasteiger partial charge in [-0.3, -0.25) is 14.2 Å². The van der Waals surface area contributed by atoms with Crippen molar-refractivity contribution in [1.82, 2.24) is 19.0 Å². The number of likely N-dealkylation sites (tertiary alicyclic amines) is 1. The van der Waals surface area contributed by atoms with Gasteiger partial charge in [0.25, 0.3) is 5.56 Å². The van der Waals surface area contributed by atoms with Gasteiger partial charge in [-0.1, -0.05) is 48.4 Å². The van der Waals surface area contributed by atoms with Gasteiger partial charge >= 0.3 is 0 Å². The van der Waals surface area contributed by atoms with Crippen LogP contribution >= 0.6 is 11.6 Å². The third-order valence-corrected chi connectivity index (χ3v) is 6.95. The van der Waals surface area contributed by atoms with Crippen LogP contribution in [0.4, 0.5) is 0 Å². The number of aromatic nitrogens is 3. The number of nitrogens with zero attached hydrogens (tertiary/aromatic N) is 4. The van der Waals surface area contributed by atoms with Gasteiger partial charge < -0.3 is 9.47 Å². The van der Waals surface area contributed by atoms with E-state index in [1.165, 1.54) is 0 Å². The summed E-state index contributed by atoms with van der Waals surface area (Å²) < 4.78 is 3.42. The van der Waals surface area contributed by atoms with E-state index in [-0.39, 0.29) is 18.0 Å². The number of carbonyl (C=O) groups is 1. The zero-order valence-electron chi connectivity index (χ0n) is 18.9. The van der Waals surface area contributed by atoms with Gasteiger partial charge in [-0.15, -0.1) is 0 Å². The predicted molar refractivity (Wildman–Crippen MR) is 132 cm³/mol. The van der Waals surface area contributed by atoms with Crippen molar-refractivity contribution in [2.24, 2.45) is 5.92 Å². The van der Waals surface area contributed by atoms with Gasteiger partial charge in [0.1, 0.15) is 17.6 Å². The maximum atomic E-state index is 13.7. The first-order chi connectivity index (χ1) is 15.9. The summed E-state index contributed by atoms with van der Waals surface area (Å²) in [7, 11) is 0. The number of hydrogen-bond acceptors (Lipinski definition) is 3. The van der Waals surface area contributed by atoms with E-state index in [1.54, 1.807) is 10.9 Å². The topological polar surface area (TPSA) is 60.1 Å². The molecule has 7 heteroatoms. The average molecular weight is 463 g/mol. The SMILES string of the molecule is Cc1ccc2c(c1)c1ncn(Cc3ccccc3Cl)c(=O)c1n2CC(=O)N1CCC[C@H](C)C1. The molecule has 1 saturated heterocycles. The first-order valence-electron chi connectivity index (χ1n) is 11.4. The van der Waals surface area contributed by atoms with Crippen molar-refractivity contribution in [3.05, 3.63) is 75.3 Å². The van der Waals surface area contributed by atoms with Crippen LogP contribution in [-0.2, 0) is 17.9 Å². The second-order valence-corrected chi connectivity index (χ2v) is 9.57. The third kappa shape index (κ3) is 4.04. The molecular formula is C26H27ClN4O2. The van der Waals surface area contributed by atoms with Gasteiger partial charge in [0.2, 0.25) is 5.91 Å². The molecule has 3 heterocycles. The maximum absolute atomic E-state index is 13.7. The lowest BCUT2D eigenvalue weighted by Crippen LogP contribution is -2.41. The van der Waals surface area contributed by atoms with E-state index in [1.807, 2.05) is 58.9 Å². The van der Waals surface area contributed by atoms with Crippen LogP contribution in [0.25, 0.3) is 21.9 Å². The summed E-state index contributed by atoms with van der Waals surface area (Å²) in [5.41, 5.74) is 3.71. The molecule has 0 N–H and O–H groups in total. The van der Waals surface area contributed by atoms with Crippen LogP contribution in [0.5, 0.6) is 0 Å². The zero-order chi connectivity index (χ0) is 23.1. The summed E-state index contributed by atoms with van der Waals surface area (Å²) in [6.45, 7) is 6.18. The largest absolute Gasteiger partial charge is 0.341 e. The molecule has 4 aromatic rings. The standard InChI is InChI=1S/C26H27ClN4O2/c1-17-9-10-22-20(12-17)24-25(31(22)15-23(32)29-11-5-6-18(2)13-29)26(33)30(16-28-24)14-19-7-3-4-8-21(19)27/h3-4,7-10,12,16,18H,5-6,11,13-15H2,1-2H3/t18-/m0/s1. The molecule has 1 atom stereocenters. The normalized spacial score (nSPS) is 16.6. The van der Waals surface area contributed by atoms with Crippen molar-refractivity contribution >= 4 is 39.4 Å². The summed E-state index contributed by atoms with van der Waals surface area (Å²) >= 11 is 6.33. The van der Waals surface area contributed by atoms with Crippen molar-refractivity contribution in [2.45, 2.75) is 39.8 Å². The Balaban J connectivity index is 1.63. The molecule has 5 rings (SSSR count). The third-order valence-electron chi connectivity index (χ3n) is 6.58. The Bertz CT molecular complexity index is 1420. The number of piperidine rings is 1. The maximum Gasteiger partial charge on any atom is 0.278 e. The van der Waals surface area contributed by atoms with Gasteiger partial charge in [0.05, 0.1) is 18.4 Å². The number of benzene rings is 2. The molecule has 2 aromatic heterocycles. The lowest BCUT2D eigenvalue weighted by molar-refractivity contribution is -0.133. The molecule has 2 aromatic carbocycles. The van der Waals surface area contributed by atoms with Crippen molar-refractivity contribution in [3.63, 3.8) is 0 Å². The number of amides is 1. The summed E-state index contributed by atoms with van der Waals surface area (Å²) in [6, 6.07) is 13.5. The van der Waals surface area contributed by atoms with Crippen LogP contribution in [0.1, 0.15) is 30.9 Å². The van der Waals surface area contributed by atoms with E-state index in [0.29, 0.717) is 28.5 Å². The monoisotopic (exact) mass is 462 g/mol. The van der Waals surface area contributed by atoms with Crippen molar-refractivity contribution in [2.75, 3.05) is 13.1 Å². The van der Waals surface area contributed by atoms with Crippen LogP contribution in [0.3, 0.4) is 0 Å². The highest BCUT2D eigenvalue weighted by Crippen LogP contribution is 2.27. The van der Waals surface area contributed by atoms with Crippen molar-refractivity contribution < 1.29 is 4.79 Å². The minimum absolute atomic E-state index is 0.0434. The Labute approximate surface area is 197 Å². The van der Waals surface area contributed by atoms with E-state index in [4.69, 9.17) is 11.6 Å². The minimum Gasteiger partial charge on any atom is -0.341 e. The second-order valence-electron chi connectivity index (χ2n) is 9.16. The number of rotatable bonds is 4. The van der Waals surface area contributed by atoms with Crippen LogP contribution in [0, 0.1) is 12.8 Å². The Kier molecular flexibility index (Phi) is 5.71. The summed E-state index contributed by atoms with van der Waals surface area (Å²) in [5, 5.41) is 1.50. The molecule has 33 heavy (non-hydrogen) atoms. The fourth-order valence-electron chi connectivity index (χ4n) is 4.85. The fourth-order valence-corrected chi connectivity index (χ4v) is 5.05. The van der Waals surface area contributed by atoms with Crippen LogP contribution in [-0.4, -0.2) is 38.0 Å². The molecule has 0 radical (unpaired) electrons. The van der Waals surface area contributed by atoms with Crippen molar-refractivity contribution in [1.29, 1.82) is 0 Å². The van der Waals surface area contributed by atoms with E-state index < -0.39 is 0 Å². The van der Waals surface area contributed by atoms with Gasteiger partial charge in [0.15, 0.2) is 0 Å². The number of carbonyl (C=O) groups excluding carboxylic acids is 1. The molecule has 1 amide bonds. The highest BCUT2D eigenvalue weighted by atomic mass is 35.5. The molecule has 0 aliphatic carbocycles. The Morgan fingerprint density at radius 3 is 2.82 bits per heavy atom. The molecule has 0 unspecified atom stereocenters. The minimum atomic E-state index is -0.173. The van der Waals surface area contributed by atoms with Crippen LogP contribution in [0.15, 0.2) is 53.6 Å². The lowest BCUT2D eigenvalue weighted by Gasteiger charge is -2.31. The van der Waals surface area contributed by atoms with E-state index in [9.17, 15) is 9.59 Å². The number of aryl methyl sites for hydroxylation is 1. The second kappa shape index (κ2) is 8.67. The van der Waals surface area contributed by atoms with E-state index >= 15 is 0 Å². The van der Waals surface area contributed by atoms with Gasteiger partial charge in [-0.2, -0.15) is 0 Å². The Morgan fingerprint density at radius 2 is 2.03 bits per heavy atom. The van der Waals surface area contributed by atoms with Gasteiger partial charge in [-0.05, 0) is 49.4 Å². The summed E-state index contributed by atoms with van der Waals surface area (Å²) in [5.74, 6) is 0.542. The quantitative estimate of drug-likeness (QED) is 0.444. The van der Waals surface area contributed by atoms with E-state index in [0.717, 1.165) is 48.0 Å². The number of fused-ring (bicyclic) bond motifs is 3. The Morgan fingerprint density at radius 1 is 1.21 bits per heavy atom. The molecule has 1 fully saturated rings. The molecule has 6 nitrogen and oxygen atoms in total. The molecule has 0 bridgehead atoms. The highest BCUT2D eigenvalue weighted by molar-refractivity contribution is 6.31. The molecule has 170 valence electrons. The highest BCUT2D eigenvalue weighted by Gasteiger charge is 2.24. The first kappa shape index (κ1) is 21.7. The Hall–Kier alpha value is -3.12. The number of hydrogen-bond donors (Lipinski definition) is 0. The molecule has 1 aliphatic rings. The molecule has 1 aliphatic heterocycles. The van der Waals surface area contributed by atoms with Gasteiger partial charge in [-0.25, -0.2) is 4.98 Å². The lowest BCUT2D eigenvalue weighted by atomic mass is 10.0.